The van der Waals surface area contributed by atoms with Crippen LogP contribution in [0.3, 0.4) is 0 Å². The molecule has 1 aromatic heterocycles. The lowest BCUT2D eigenvalue weighted by molar-refractivity contribution is -0.116. The third-order valence-electron chi connectivity index (χ3n) is 5.38. The van der Waals surface area contributed by atoms with Gasteiger partial charge in [0.05, 0.1) is 10.4 Å². The predicted octanol–water partition coefficient (Wildman–Crippen LogP) is 4.83. The number of rotatable bonds is 6. The summed E-state index contributed by atoms with van der Waals surface area (Å²) >= 11 is 6.08. The quantitative estimate of drug-likeness (QED) is 0.412. The molecule has 0 atom stereocenters. The number of anilines is 1. The number of hydrogen-bond acceptors (Lipinski definition) is 4. The van der Waals surface area contributed by atoms with Crippen LogP contribution in [0.1, 0.15) is 12.5 Å². The summed E-state index contributed by atoms with van der Waals surface area (Å²) in [6.07, 6.45) is 1.91. The molecule has 1 amide bonds. The molecule has 174 valence electrons. The van der Waals surface area contributed by atoms with Crippen molar-refractivity contribution in [2.24, 2.45) is 0 Å². The van der Waals surface area contributed by atoms with Crippen molar-refractivity contribution in [2.45, 2.75) is 29.7 Å². The fourth-order valence-corrected chi connectivity index (χ4v) is 5.13. The lowest BCUT2D eigenvalue weighted by atomic mass is 10.2. The summed E-state index contributed by atoms with van der Waals surface area (Å²) in [6, 6.07) is 16.0. The highest BCUT2D eigenvalue weighted by molar-refractivity contribution is 7.91. The number of halogens is 2. The second-order valence-electron chi connectivity index (χ2n) is 7.67. The van der Waals surface area contributed by atoms with E-state index in [2.05, 4.69) is 5.32 Å². The molecule has 6 nitrogen and oxygen atoms in total. The average molecular weight is 499 g/mol. The molecule has 0 saturated heterocycles. The van der Waals surface area contributed by atoms with E-state index in [-0.39, 0.29) is 21.8 Å². The first kappa shape index (κ1) is 23.7. The molecule has 1 heterocycles. The Hall–Kier alpha value is -3.49. The van der Waals surface area contributed by atoms with Crippen molar-refractivity contribution in [1.29, 1.82) is 0 Å². The highest BCUT2D eigenvalue weighted by Crippen LogP contribution is 2.24. The molecule has 34 heavy (non-hydrogen) atoms. The van der Waals surface area contributed by atoms with E-state index in [1.807, 2.05) is 6.92 Å². The number of amides is 1. The Balaban J connectivity index is 1.80. The van der Waals surface area contributed by atoms with Crippen LogP contribution in [0, 0.1) is 5.82 Å². The summed E-state index contributed by atoms with van der Waals surface area (Å²) in [7, 11) is -4.17. The zero-order valence-electron chi connectivity index (χ0n) is 18.1. The molecule has 9 heteroatoms. The Morgan fingerprint density at radius 3 is 2.35 bits per heavy atom. The highest BCUT2D eigenvalue weighted by Gasteiger charge is 2.24. The molecule has 4 rings (SSSR count). The van der Waals surface area contributed by atoms with Gasteiger partial charge in [-0.15, -0.1) is 0 Å². The van der Waals surface area contributed by atoms with Crippen molar-refractivity contribution >= 4 is 43.9 Å². The average Bonchev–Trinajstić information content (AvgIpc) is 2.82. The molecule has 4 aromatic rings. The molecule has 0 saturated carbocycles. The Bertz CT molecular complexity index is 1550. The minimum atomic E-state index is -4.17. The maximum atomic E-state index is 13.4. The number of nitrogens with one attached hydrogen (secondary N) is 1. The normalized spacial score (nSPS) is 11.5. The van der Waals surface area contributed by atoms with E-state index in [4.69, 9.17) is 11.6 Å². The van der Waals surface area contributed by atoms with E-state index >= 15 is 0 Å². The van der Waals surface area contributed by atoms with Gasteiger partial charge in [0, 0.05) is 22.3 Å². The maximum absolute atomic E-state index is 13.4. The summed E-state index contributed by atoms with van der Waals surface area (Å²) < 4.78 is 41.3. The number of pyridine rings is 1. The van der Waals surface area contributed by atoms with Gasteiger partial charge in [-0.25, -0.2) is 12.8 Å². The molecular weight excluding hydrogens is 479 g/mol. The summed E-state index contributed by atoms with van der Waals surface area (Å²) in [5, 5.41) is 2.97. The molecule has 0 aliphatic heterocycles. The number of sulfone groups is 1. The van der Waals surface area contributed by atoms with Crippen molar-refractivity contribution in [2.75, 3.05) is 5.32 Å². The summed E-state index contributed by atoms with van der Waals surface area (Å²) in [4.78, 5) is 25.4. The largest absolute Gasteiger partial charge is 0.336 e. The van der Waals surface area contributed by atoms with E-state index in [1.54, 1.807) is 24.3 Å². The minimum absolute atomic E-state index is 0.0227. The van der Waals surface area contributed by atoms with Crippen molar-refractivity contribution in [3.05, 3.63) is 99.6 Å². The van der Waals surface area contributed by atoms with Crippen molar-refractivity contribution in [3.63, 3.8) is 0 Å². The van der Waals surface area contributed by atoms with E-state index in [0.29, 0.717) is 11.2 Å². The third-order valence-corrected chi connectivity index (χ3v) is 7.38. The summed E-state index contributed by atoms with van der Waals surface area (Å²) in [5.41, 5.74) is 0.985. The Kier molecular flexibility index (Phi) is 6.54. The van der Waals surface area contributed by atoms with Crippen molar-refractivity contribution in [3.8, 4) is 0 Å². The number of hydrogen-bond donors (Lipinski definition) is 1. The third kappa shape index (κ3) is 4.73. The van der Waals surface area contributed by atoms with Gasteiger partial charge in [0.2, 0.25) is 21.2 Å². The van der Waals surface area contributed by atoms with Gasteiger partial charge < -0.3 is 9.88 Å². The lowest BCUT2D eigenvalue weighted by Gasteiger charge is -2.14. The molecule has 0 unspecified atom stereocenters. The van der Waals surface area contributed by atoms with Gasteiger partial charge in [-0.1, -0.05) is 30.7 Å². The Morgan fingerprint density at radius 1 is 1.03 bits per heavy atom. The SMILES string of the molecule is CCc1ccc(S(=O)(=O)c2cn(CC(=O)Nc3ccc(F)cc3)c3ccc(Cl)cc3c2=O)cc1. The lowest BCUT2D eigenvalue weighted by Crippen LogP contribution is -2.24. The number of carbonyl (C=O) groups is 1. The molecule has 0 fully saturated rings. The van der Waals surface area contributed by atoms with Crippen LogP contribution in [0.4, 0.5) is 10.1 Å². The number of aryl methyl sites for hydroxylation is 1. The molecule has 1 N–H and O–H groups in total. The first-order chi connectivity index (χ1) is 16.2. The van der Waals surface area contributed by atoms with Crippen LogP contribution in [-0.2, 0) is 27.6 Å². The van der Waals surface area contributed by atoms with Crippen LogP contribution in [0.15, 0.2) is 87.5 Å². The smallest absolute Gasteiger partial charge is 0.244 e. The highest BCUT2D eigenvalue weighted by atomic mass is 35.5. The fourth-order valence-electron chi connectivity index (χ4n) is 3.58. The molecule has 0 aliphatic rings. The Labute approximate surface area is 200 Å². The molecule has 0 radical (unpaired) electrons. The van der Waals surface area contributed by atoms with Crippen LogP contribution >= 0.6 is 11.6 Å². The topological polar surface area (TPSA) is 85.2 Å². The monoisotopic (exact) mass is 498 g/mol. The maximum Gasteiger partial charge on any atom is 0.244 e. The molecule has 3 aromatic carbocycles. The zero-order chi connectivity index (χ0) is 24.5. The van der Waals surface area contributed by atoms with Gasteiger partial charge >= 0.3 is 0 Å². The van der Waals surface area contributed by atoms with Crippen molar-refractivity contribution < 1.29 is 17.6 Å². The first-order valence-corrected chi connectivity index (χ1v) is 12.3. The van der Waals surface area contributed by atoms with Gasteiger partial charge in [-0.2, -0.15) is 0 Å². The van der Waals surface area contributed by atoms with Gasteiger partial charge in [0.25, 0.3) is 0 Å². The first-order valence-electron chi connectivity index (χ1n) is 10.4. The molecule has 0 aliphatic carbocycles. The number of nitrogens with zero attached hydrogens (tertiary/aromatic N) is 1. The van der Waals surface area contributed by atoms with E-state index in [1.165, 1.54) is 53.2 Å². The predicted molar refractivity (Wildman–Crippen MR) is 130 cm³/mol. The van der Waals surface area contributed by atoms with Gasteiger partial charge in [0.15, 0.2) is 0 Å². The second-order valence-corrected chi connectivity index (χ2v) is 10.0. The van der Waals surface area contributed by atoms with E-state index in [0.717, 1.165) is 12.0 Å². The number of carbonyl (C=O) groups excluding carboxylic acids is 1. The summed E-state index contributed by atoms with van der Waals surface area (Å²) in [6.45, 7) is 1.67. The Morgan fingerprint density at radius 2 is 1.71 bits per heavy atom. The van der Waals surface area contributed by atoms with Gasteiger partial charge in [-0.05, 0) is 66.6 Å². The number of benzene rings is 3. The molecular formula is C25H20ClFN2O4S. The van der Waals surface area contributed by atoms with Crippen LogP contribution in [-0.4, -0.2) is 18.9 Å². The molecule has 0 bridgehead atoms. The number of aromatic nitrogens is 1. The standard InChI is InChI=1S/C25H20ClFN2O4S/c1-2-16-3-10-20(11-4-16)34(32,33)23-14-29(22-12-5-17(26)13-21(22)25(23)31)15-24(30)28-19-8-6-18(27)7-9-19/h3-14H,2,15H2,1H3,(H,28,30). The van der Waals surface area contributed by atoms with E-state index in [9.17, 15) is 22.4 Å². The van der Waals surface area contributed by atoms with Crippen LogP contribution in [0.2, 0.25) is 5.02 Å². The minimum Gasteiger partial charge on any atom is -0.336 e. The van der Waals surface area contributed by atoms with Gasteiger partial charge in [0.1, 0.15) is 17.3 Å². The summed E-state index contributed by atoms with van der Waals surface area (Å²) in [5.74, 6) is -0.926. The molecule has 0 spiro atoms. The number of fused-ring (bicyclic) bond motifs is 1. The van der Waals surface area contributed by atoms with Crippen LogP contribution < -0.4 is 10.7 Å². The van der Waals surface area contributed by atoms with E-state index < -0.39 is 31.9 Å². The van der Waals surface area contributed by atoms with Crippen molar-refractivity contribution in [1.82, 2.24) is 4.57 Å². The van der Waals surface area contributed by atoms with Crippen LogP contribution in [0.25, 0.3) is 10.9 Å². The zero-order valence-corrected chi connectivity index (χ0v) is 19.7. The fraction of sp³-hybridized carbons (Fsp3) is 0.120. The van der Waals surface area contributed by atoms with Crippen LogP contribution in [0.5, 0.6) is 0 Å². The second kappa shape index (κ2) is 9.40. The van der Waals surface area contributed by atoms with Gasteiger partial charge in [-0.3, -0.25) is 9.59 Å².